The second-order valence-electron chi connectivity index (χ2n) is 5.31. The van der Waals surface area contributed by atoms with Crippen LogP contribution in [0.25, 0.3) is 0 Å². The topological polar surface area (TPSA) is 84.5 Å². The van der Waals surface area contributed by atoms with Crippen LogP contribution in [-0.2, 0) is 14.6 Å². The van der Waals surface area contributed by atoms with Gasteiger partial charge in [-0.05, 0) is 37.6 Å². The highest BCUT2D eigenvalue weighted by Gasteiger charge is 2.27. The number of carbonyl (C=O) groups excluding carboxylic acids is 1. The molecule has 0 aromatic heterocycles. The molecule has 6 nitrogen and oxygen atoms in total. The van der Waals surface area contributed by atoms with Crippen molar-refractivity contribution in [2.45, 2.75) is 25.8 Å². The van der Waals surface area contributed by atoms with Gasteiger partial charge >= 0.3 is 0 Å². The zero-order chi connectivity index (χ0) is 16.0. The molecule has 1 fully saturated rings. The van der Waals surface area contributed by atoms with Crippen LogP contribution in [0, 0.1) is 0 Å². The summed E-state index contributed by atoms with van der Waals surface area (Å²) in [7, 11) is -2.88. The van der Waals surface area contributed by atoms with Crippen molar-refractivity contribution in [1.82, 2.24) is 5.32 Å². The fourth-order valence-electron chi connectivity index (χ4n) is 2.37. The fraction of sp³-hybridized carbons (Fsp3) is 0.533. The molecule has 1 aromatic carbocycles. The second-order valence-corrected chi connectivity index (χ2v) is 7.54. The average molecular weight is 326 g/mol. The number of benzene rings is 1. The van der Waals surface area contributed by atoms with Crippen LogP contribution in [0.5, 0.6) is 5.75 Å². The number of sulfone groups is 1. The summed E-state index contributed by atoms with van der Waals surface area (Å²) in [6.45, 7) is 3.00. The molecule has 1 amide bonds. The molecule has 122 valence electrons. The van der Waals surface area contributed by atoms with Gasteiger partial charge in [0.2, 0.25) is 5.91 Å². The maximum atomic E-state index is 11.8. The fourth-order valence-corrected chi connectivity index (χ4v) is 4.08. The zero-order valence-corrected chi connectivity index (χ0v) is 13.5. The van der Waals surface area contributed by atoms with E-state index in [1.807, 2.05) is 6.92 Å². The van der Waals surface area contributed by atoms with E-state index in [1.54, 1.807) is 24.3 Å². The van der Waals surface area contributed by atoms with Crippen molar-refractivity contribution >= 4 is 21.4 Å². The largest absolute Gasteiger partial charge is 0.494 e. The number of anilines is 1. The van der Waals surface area contributed by atoms with E-state index in [4.69, 9.17) is 4.74 Å². The monoisotopic (exact) mass is 326 g/mol. The Morgan fingerprint density at radius 2 is 2.05 bits per heavy atom. The van der Waals surface area contributed by atoms with Crippen molar-refractivity contribution in [1.29, 1.82) is 0 Å². The molecule has 2 N–H and O–H groups in total. The third-order valence-electron chi connectivity index (χ3n) is 3.47. The van der Waals surface area contributed by atoms with Gasteiger partial charge in [0.15, 0.2) is 9.84 Å². The lowest BCUT2D eigenvalue weighted by Gasteiger charge is -2.11. The van der Waals surface area contributed by atoms with E-state index >= 15 is 0 Å². The molecule has 1 unspecified atom stereocenters. The minimum absolute atomic E-state index is 0.0247. The third-order valence-corrected chi connectivity index (χ3v) is 5.23. The molecule has 1 saturated heterocycles. The van der Waals surface area contributed by atoms with Crippen molar-refractivity contribution < 1.29 is 17.9 Å². The first kappa shape index (κ1) is 16.8. The van der Waals surface area contributed by atoms with Crippen LogP contribution >= 0.6 is 0 Å². The number of carbonyl (C=O) groups is 1. The van der Waals surface area contributed by atoms with Crippen LogP contribution in [-0.4, -0.2) is 45.0 Å². The normalized spacial score (nSPS) is 19.8. The summed E-state index contributed by atoms with van der Waals surface area (Å²) in [6.07, 6.45) is 0.937. The number of hydrogen-bond acceptors (Lipinski definition) is 5. The van der Waals surface area contributed by atoms with E-state index in [0.717, 1.165) is 11.4 Å². The van der Waals surface area contributed by atoms with Gasteiger partial charge in [0, 0.05) is 24.7 Å². The van der Waals surface area contributed by atoms with E-state index in [1.165, 1.54) is 0 Å². The number of nitrogens with one attached hydrogen (secondary N) is 2. The quantitative estimate of drug-likeness (QED) is 0.786. The SMILES string of the molecule is CCOc1ccc(NC(=O)CCNC2CCS(=O)(=O)C2)cc1. The molecule has 1 aliphatic heterocycles. The minimum atomic E-state index is -2.88. The Morgan fingerprint density at radius 3 is 2.64 bits per heavy atom. The van der Waals surface area contributed by atoms with Crippen LogP contribution in [0.1, 0.15) is 19.8 Å². The zero-order valence-electron chi connectivity index (χ0n) is 12.7. The van der Waals surface area contributed by atoms with Crippen molar-refractivity contribution in [3.8, 4) is 5.75 Å². The van der Waals surface area contributed by atoms with E-state index in [2.05, 4.69) is 10.6 Å². The Balaban J connectivity index is 1.69. The molecule has 1 heterocycles. The molecule has 7 heteroatoms. The van der Waals surface area contributed by atoms with Crippen LogP contribution in [0.2, 0.25) is 0 Å². The first-order valence-corrected chi connectivity index (χ1v) is 9.27. The van der Waals surface area contributed by atoms with Gasteiger partial charge in [0.25, 0.3) is 0 Å². The van der Waals surface area contributed by atoms with Crippen LogP contribution in [0.4, 0.5) is 5.69 Å². The summed E-state index contributed by atoms with van der Waals surface area (Å²) in [5, 5.41) is 5.92. The number of hydrogen-bond donors (Lipinski definition) is 2. The summed E-state index contributed by atoms with van der Waals surface area (Å²) >= 11 is 0. The van der Waals surface area contributed by atoms with Gasteiger partial charge in [-0.25, -0.2) is 8.42 Å². The van der Waals surface area contributed by atoms with Gasteiger partial charge < -0.3 is 15.4 Å². The molecule has 2 rings (SSSR count). The summed E-state index contributed by atoms with van der Waals surface area (Å²) < 4.78 is 28.0. The Labute approximate surface area is 131 Å². The lowest BCUT2D eigenvalue weighted by atomic mass is 10.2. The van der Waals surface area contributed by atoms with Crippen LogP contribution in [0.3, 0.4) is 0 Å². The van der Waals surface area contributed by atoms with Gasteiger partial charge in [0.05, 0.1) is 18.1 Å². The predicted molar refractivity (Wildman–Crippen MR) is 85.9 cm³/mol. The molecule has 1 atom stereocenters. The van der Waals surface area contributed by atoms with Crippen LogP contribution < -0.4 is 15.4 Å². The van der Waals surface area contributed by atoms with E-state index < -0.39 is 9.84 Å². The highest BCUT2D eigenvalue weighted by Crippen LogP contribution is 2.15. The number of rotatable bonds is 7. The first-order valence-electron chi connectivity index (χ1n) is 7.45. The summed E-state index contributed by atoms with van der Waals surface area (Å²) in [6, 6.07) is 7.17. The Kier molecular flexibility index (Phi) is 5.79. The van der Waals surface area contributed by atoms with Gasteiger partial charge in [-0.3, -0.25) is 4.79 Å². The first-order chi connectivity index (χ1) is 10.5. The van der Waals surface area contributed by atoms with Crippen molar-refractivity contribution in [3.63, 3.8) is 0 Å². The third kappa shape index (κ3) is 5.31. The molecule has 1 aromatic rings. The lowest BCUT2D eigenvalue weighted by molar-refractivity contribution is -0.116. The molecule has 0 bridgehead atoms. The standard InChI is InChI=1S/C15H22N2O4S/c1-2-21-14-5-3-12(4-6-14)17-15(18)7-9-16-13-8-10-22(19,20)11-13/h3-6,13,16H,2,7-11H2,1H3,(H,17,18). The molecular formula is C15H22N2O4S. The lowest BCUT2D eigenvalue weighted by Crippen LogP contribution is -2.32. The van der Waals surface area contributed by atoms with Crippen molar-refractivity contribution in [3.05, 3.63) is 24.3 Å². The second kappa shape index (κ2) is 7.60. The highest BCUT2D eigenvalue weighted by atomic mass is 32.2. The van der Waals surface area contributed by atoms with E-state index in [9.17, 15) is 13.2 Å². The molecule has 0 aliphatic carbocycles. The Morgan fingerprint density at radius 1 is 1.32 bits per heavy atom. The van der Waals surface area contributed by atoms with E-state index in [-0.39, 0.29) is 23.5 Å². The number of ether oxygens (including phenoxy) is 1. The van der Waals surface area contributed by atoms with Gasteiger partial charge in [-0.2, -0.15) is 0 Å². The molecule has 1 aliphatic rings. The smallest absolute Gasteiger partial charge is 0.225 e. The van der Waals surface area contributed by atoms with Gasteiger partial charge in [-0.15, -0.1) is 0 Å². The molecule has 0 spiro atoms. The Bertz CT molecular complexity index is 598. The number of amides is 1. The molecule has 0 radical (unpaired) electrons. The van der Waals surface area contributed by atoms with E-state index in [0.29, 0.717) is 26.0 Å². The molecular weight excluding hydrogens is 304 g/mol. The highest BCUT2D eigenvalue weighted by molar-refractivity contribution is 7.91. The molecule has 22 heavy (non-hydrogen) atoms. The summed E-state index contributed by atoms with van der Waals surface area (Å²) in [5.74, 6) is 1.08. The Hall–Kier alpha value is -1.60. The average Bonchev–Trinajstić information content (AvgIpc) is 2.81. The molecule has 0 saturated carbocycles. The van der Waals surface area contributed by atoms with Gasteiger partial charge in [-0.1, -0.05) is 0 Å². The van der Waals surface area contributed by atoms with Crippen molar-refractivity contribution in [2.24, 2.45) is 0 Å². The van der Waals surface area contributed by atoms with Gasteiger partial charge in [0.1, 0.15) is 5.75 Å². The summed E-state index contributed by atoms with van der Waals surface area (Å²) in [5.41, 5.74) is 0.719. The predicted octanol–water partition coefficient (Wildman–Crippen LogP) is 1.19. The minimum Gasteiger partial charge on any atom is -0.494 e. The summed E-state index contributed by atoms with van der Waals surface area (Å²) in [4.78, 5) is 11.8. The van der Waals surface area contributed by atoms with Crippen molar-refractivity contribution in [2.75, 3.05) is 30.0 Å². The maximum absolute atomic E-state index is 11.8. The van der Waals surface area contributed by atoms with Crippen LogP contribution in [0.15, 0.2) is 24.3 Å². The maximum Gasteiger partial charge on any atom is 0.225 e.